The predicted molar refractivity (Wildman–Crippen MR) is 72.3 cm³/mol. The highest BCUT2D eigenvalue weighted by Crippen LogP contribution is 2.10. The van der Waals surface area contributed by atoms with Gasteiger partial charge in [-0.15, -0.1) is 0 Å². The summed E-state index contributed by atoms with van der Waals surface area (Å²) < 4.78 is 2.02. The normalized spacial score (nSPS) is 12.1. The summed E-state index contributed by atoms with van der Waals surface area (Å²) in [5.74, 6) is -0.174. The van der Waals surface area contributed by atoms with Crippen LogP contribution in [0.4, 0.5) is 5.69 Å². The molecule has 2 aromatic rings. The van der Waals surface area contributed by atoms with Gasteiger partial charge in [0, 0.05) is 18.9 Å². The van der Waals surface area contributed by atoms with Gasteiger partial charge in [-0.3, -0.25) is 4.79 Å². The van der Waals surface area contributed by atoms with Crippen molar-refractivity contribution in [3.63, 3.8) is 0 Å². The zero-order chi connectivity index (χ0) is 13.0. The Labute approximate surface area is 106 Å². The molecule has 1 atom stereocenters. The average molecular weight is 243 g/mol. The molecule has 0 aliphatic carbocycles. The third-order valence-electron chi connectivity index (χ3n) is 2.64. The summed E-state index contributed by atoms with van der Waals surface area (Å²) in [6.45, 7) is 2.45. The molecule has 0 bridgehead atoms. The number of rotatable bonds is 4. The molecule has 3 N–H and O–H groups in total. The fourth-order valence-corrected chi connectivity index (χ4v) is 1.66. The largest absolute Gasteiger partial charge is 0.348 e. The van der Waals surface area contributed by atoms with Gasteiger partial charge in [-0.25, -0.2) is 0 Å². The molecule has 0 fully saturated rings. The van der Waals surface area contributed by atoms with Gasteiger partial charge in [0.15, 0.2) is 0 Å². The second-order valence-electron chi connectivity index (χ2n) is 4.34. The van der Waals surface area contributed by atoms with Gasteiger partial charge >= 0.3 is 0 Å². The molecule has 1 unspecified atom stereocenters. The van der Waals surface area contributed by atoms with Gasteiger partial charge < -0.3 is 15.6 Å². The van der Waals surface area contributed by atoms with Gasteiger partial charge in [-0.1, -0.05) is 30.3 Å². The number of anilines is 1. The lowest BCUT2D eigenvalue weighted by atomic mass is 10.2. The van der Waals surface area contributed by atoms with Gasteiger partial charge in [0.25, 0.3) is 0 Å². The molecule has 94 valence electrons. The van der Waals surface area contributed by atoms with E-state index in [2.05, 4.69) is 17.4 Å². The zero-order valence-corrected chi connectivity index (χ0v) is 10.3. The fourth-order valence-electron chi connectivity index (χ4n) is 1.66. The SMILES string of the molecule is CC(N)C(=O)Nc1ccn(Cc2ccccc2)c1. The Morgan fingerprint density at radius 3 is 2.72 bits per heavy atom. The number of nitrogens with two attached hydrogens (primary N) is 1. The molecule has 0 spiro atoms. The summed E-state index contributed by atoms with van der Waals surface area (Å²) in [6.07, 6.45) is 3.83. The maximum Gasteiger partial charge on any atom is 0.241 e. The van der Waals surface area contributed by atoms with Crippen molar-refractivity contribution in [1.29, 1.82) is 0 Å². The molecule has 0 aliphatic rings. The van der Waals surface area contributed by atoms with Crippen LogP contribution in [0.3, 0.4) is 0 Å². The summed E-state index contributed by atoms with van der Waals surface area (Å²) in [7, 11) is 0. The third-order valence-corrected chi connectivity index (χ3v) is 2.64. The summed E-state index contributed by atoms with van der Waals surface area (Å²) in [5.41, 5.74) is 7.49. The minimum absolute atomic E-state index is 0.174. The molecule has 4 heteroatoms. The number of amides is 1. The molecular weight excluding hydrogens is 226 g/mol. The lowest BCUT2D eigenvalue weighted by Crippen LogP contribution is -2.32. The molecule has 1 aromatic heterocycles. The number of benzene rings is 1. The topological polar surface area (TPSA) is 60.1 Å². The van der Waals surface area contributed by atoms with Gasteiger partial charge in [-0.2, -0.15) is 0 Å². The Morgan fingerprint density at radius 1 is 1.33 bits per heavy atom. The van der Waals surface area contributed by atoms with Crippen molar-refractivity contribution in [2.75, 3.05) is 5.32 Å². The highest BCUT2D eigenvalue weighted by molar-refractivity contribution is 5.94. The number of aromatic nitrogens is 1. The van der Waals surface area contributed by atoms with Crippen molar-refractivity contribution in [3.05, 3.63) is 54.4 Å². The first-order valence-electron chi connectivity index (χ1n) is 5.91. The standard InChI is InChI=1S/C14H17N3O/c1-11(15)14(18)16-13-7-8-17(10-13)9-12-5-3-2-4-6-12/h2-8,10-11H,9,15H2,1H3,(H,16,18). The number of carbonyl (C=O) groups is 1. The summed E-state index contributed by atoms with van der Waals surface area (Å²) in [6, 6.07) is 11.5. The van der Waals surface area contributed by atoms with Crippen molar-refractivity contribution in [3.8, 4) is 0 Å². The summed E-state index contributed by atoms with van der Waals surface area (Å²) in [4.78, 5) is 11.4. The average Bonchev–Trinajstić information content (AvgIpc) is 2.77. The van der Waals surface area contributed by atoms with Crippen LogP contribution in [0.5, 0.6) is 0 Å². The van der Waals surface area contributed by atoms with Crippen LogP contribution in [0, 0.1) is 0 Å². The second-order valence-corrected chi connectivity index (χ2v) is 4.34. The molecule has 0 saturated heterocycles. The van der Waals surface area contributed by atoms with E-state index in [1.165, 1.54) is 5.56 Å². The van der Waals surface area contributed by atoms with Crippen LogP contribution in [-0.2, 0) is 11.3 Å². The Bertz CT molecular complexity index is 517. The number of hydrogen-bond acceptors (Lipinski definition) is 2. The Morgan fingerprint density at radius 2 is 2.06 bits per heavy atom. The van der Waals surface area contributed by atoms with E-state index < -0.39 is 6.04 Å². The minimum atomic E-state index is -0.498. The van der Waals surface area contributed by atoms with E-state index in [1.54, 1.807) is 6.92 Å². The Hall–Kier alpha value is -2.07. The van der Waals surface area contributed by atoms with Crippen molar-refractivity contribution in [2.24, 2.45) is 5.73 Å². The second kappa shape index (κ2) is 5.51. The first-order valence-corrected chi connectivity index (χ1v) is 5.91. The van der Waals surface area contributed by atoms with Crippen molar-refractivity contribution >= 4 is 11.6 Å². The highest BCUT2D eigenvalue weighted by atomic mass is 16.2. The molecular formula is C14H17N3O. The Balaban J connectivity index is 2.00. The van der Waals surface area contributed by atoms with E-state index in [4.69, 9.17) is 5.73 Å². The molecule has 0 radical (unpaired) electrons. The van der Waals surface area contributed by atoms with E-state index in [0.717, 1.165) is 12.2 Å². The van der Waals surface area contributed by atoms with Crippen LogP contribution in [-0.4, -0.2) is 16.5 Å². The van der Waals surface area contributed by atoms with Crippen molar-refractivity contribution in [2.45, 2.75) is 19.5 Å². The summed E-state index contributed by atoms with van der Waals surface area (Å²) >= 11 is 0. The number of carbonyl (C=O) groups excluding carboxylic acids is 1. The zero-order valence-electron chi connectivity index (χ0n) is 10.3. The molecule has 18 heavy (non-hydrogen) atoms. The molecule has 1 heterocycles. The summed E-state index contributed by atoms with van der Waals surface area (Å²) in [5, 5.41) is 2.76. The highest BCUT2D eigenvalue weighted by Gasteiger charge is 2.07. The van der Waals surface area contributed by atoms with Crippen LogP contribution in [0.15, 0.2) is 48.8 Å². The first-order chi connectivity index (χ1) is 8.65. The number of hydrogen-bond donors (Lipinski definition) is 2. The van der Waals surface area contributed by atoms with Crippen molar-refractivity contribution in [1.82, 2.24) is 4.57 Å². The van der Waals surface area contributed by atoms with Crippen LogP contribution >= 0.6 is 0 Å². The maximum atomic E-state index is 11.4. The van der Waals surface area contributed by atoms with Gasteiger partial charge in [-0.05, 0) is 18.6 Å². The van der Waals surface area contributed by atoms with Crippen LogP contribution in [0.25, 0.3) is 0 Å². The quantitative estimate of drug-likeness (QED) is 0.860. The predicted octanol–water partition coefficient (Wildman–Crippen LogP) is 1.82. The molecule has 4 nitrogen and oxygen atoms in total. The molecule has 0 aliphatic heterocycles. The molecule has 1 amide bonds. The van der Waals surface area contributed by atoms with Crippen LogP contribution < -0.4 is 11.1 Å². The molecule has 2 rings (SSSR count). The molecule has 0 saturated carbocycles. The van der Waals surface area contributed by atoms with Crippen LogP contribution in [0.1, 0.15) is 12.5 Å². The third kappa shape index (κ3) is 3.21. The van der Waals surface area contributed by atoms with E-state index >= 15 is 0 Å². The van der Waals surface area contributed by atoms with E-state index in [0.29, 0.717) is 0 Å². The van der Waals surface area contributed by atoms with Gasteiger partial charge in [0.1, 0.15) is 0 Å². The number of nitrogens with zero attached hydrogens (tertiary/aromatic N) is 1. The lowest BCUT2D eigenvalue weighted by molar-refractivity contribution is -0.117. The smallest absolute Gasteiger partial charge is 0.241 e. The van der Waals surface area contributed by atoms with Crippen LogP contribution in [0.2, 0.25) is 0 Å². The first kappa shape index (κ1) is 12.4. The van der Waals surface area contributed by atoms with E-state index in [9.17, 15) is 4.79 Å². The minimum Gasteiger partial charge on any atom is -0.348 e. The molecule has 1 aromatic carbocycles. The Kier molecular flexibility index (Phi) is 3.79. The van der Waals surface area contributed by atoms with Crippen molar-refractivity contribution < 1.29 is 4.79 Å². The van der Waals surface area contributed by atoms with Gasteiger partial charge in [0.05, 0.1) is 11.7 Å². The van der Waals surface area contributed by atoms with Gasteiger partial charge in [0.2, 0.25) is 5.91 Å². The maximum absolute atomic E-state index is 11.4. The van der Waals surface area contributed by atoms with E-state index in [1.807, 2.05) is 41.2 Å². The lowest BCUT2D eigenvalue weighted by Gasteiger charge is -2.05. The van der Waals surface area contributed by atoms with E-state index in [-0.39, 0.29) is 5.91 Å². The monoisotopic (exact) mass is 243 g/mol. The number of nitrogens with one attached hydrogen (secondary N) is 1. The fraction of sp³-hybridized carbons (Fsp3) is 0.214.